The molecule has 0 fully saturated rings. The molecule has 0 radical (unpaired) electrons. The molecule has 2 N–H and O–H groups in total. The van der Waals surface area contributed by atoms with E-state index in [1.807, 2.05) is 0 Å². The topological polar surface area (TPSA) is 128 Å². The van der Waals surface area contributed by atoms with Crippen molar-refractivity contribution in [2.24, 2.45) is 0 Å². The quantitative estimate of drug-likeness (QED) is 0.356. The van der Waals surface area contributed by atoms with Crippen molar-refractivity contribution in [2.75, 3.05) is 24.7 Å². The molecule has 0 aromatic heterocycles. The van der Waals surface area contributed by atoms with Gasteiger partial charge in [-0.3, -0.25) is 14.9 Å². The lowest BCUT2D eigenvalue weighted by Gasteiger charge is -2.12. The molecule has 0 saturated carbocycles. The van der Waals surface area contributed by atoms with Crippen LogP contribution in [-0.4, -0.2) is 45.2 Å². The zero-order chi connectivity index (χ0) is 21.6. The first-order chi connectivity index (χ1) is 13.6. The van der Waals surface area contributed by atoms with Gasteiger partial charge in [0.2, 0.25) is 0 Å². The van der Waals surface area contributed by atoms with E-state index >= 15 is 0 Å². The number of nitro groups is 1. The molecule has 0 saturated heterocycles. The van der Waals surface area contributed by atoms with Gasteiger partial charge in [-0.1, -0.05) is 12.1 Å². The number of sulfone groups is 1. The first kappa shape index (κ1) is 22.0. The molecule has 29 heavy (non-hydrogen) atoms. The maximum atomic E-state index is 12.4. The number of nitrogens with one attached hydrogen (secondary N) is 2. The number of hydrogen-bond donors (Lipinski definition) is 2. The molecule has 0 aliphatic heterocycles. The number of ether oxygens (including phenoxy) is 1. The van der Waals surface area contributed by atoms with Crippen molar-refractivity contribution in [3.63, 3.8) is 0 Å². The van der Waals surface area contributed by atoms with Gasteiger partial charge in [-0.15, -0.1) is 0 Å². The monoisotopic (exact) mass is 429 g/mol. The van der Waals surface area contributed by atoms with E-state index in [1.54, 1.807) is 0 Å². The van der Waals surface area contributed by atoms with Crippen LogP contribution in [-0.2, 0) is 9.84 Å². The van der Waals surface area contributed by atoms with Gasteiger partial charge >= 0.3 is 6.61 Å². The second kappa shape index (κ2) is 9.28. The largest absolute Gasteiger partial charge is 0.434 e. The van der Waals surface area contributed by atoms with Gasteiger partial charge in [0.05, 0.1) is 15.4 Å². The SMILES string of the molecule is CS(=O)(=O)c1ccc(NCCNC(=O)c2ccccc2OC(F)F)c([N+](=O)[O-])c1. The molecule has 156 valence electrons. The maximum Gasteiger partial charge on any atom is 0.387 e. The lowest BCUT2D eigenvalue weighted by molar-refractivity contribution is -0.384. The summed E-state index contributed by atoms with van der Waals surface area (Å²) in [6.45, 7) is -3.02. The summed E-state index contributed by atoms with van der Waals surface area (Å²) in [5, 5.41) is 16.4. The van der Waals surface area contributed by atoms with Crippen LogP contribution < -0.4 is 15.4 Å². The Morgan fingerprint density at radius 2 is 1.90 bits per heavy atom. The Balaban J connectivity index is 2.01. The number of para-hydroxylation sites is 1. The van der Waals surface area contributed by atoms with Crippen LogP contribution in [0.3, 0.4) is 0 Å². The fourth-order valence-electron chi connectivity index (χ4n) is 2.36. The number of benzene rings is 2. The van der Waals surface area contributed by atoms with E-state index in [-0.39, 0.29) is 35.0 Å². The summed E-state index contributed by atoms with van der Waals surface area (Å²) < 4.78 is 52.2. The fourth-order valence-corrected chi connectivity index (χ4v) is 3.00. The van der Waals surface area contributed by atoms with E-state index in [0.29, 0.717) is 0 Å². The molecule has 2 aromatic carbocycles. The van der Waals surface area contributed by atoms with Crippen LogP contribution in [0, 0.1) is 10.1 Å². The van der Waals surface area contributed by atoms with E-state index in [9.17, 15) is 32.1 Å². The molecule has 9 nitrogen and oxygen atoms in total. The van der Waals surface area contributed by atoms with Crippen LogP contribution >= 0.6 is 0 Å². The zero-order valence-corrected chi connectivity index (χ0v) is 15.9. The number of carbonyl (C=O) groups is 1. The highest BCUT2D eigenvalue weighted by molar-refractivity contribution is 7.90. The first-order valence-corrected chi connectivity index (χ1v) is 10.0. The molecule has 2 aromatic rings. The average molecular weight is 429 g/mol. The van der Waals surface area contributed by atoms with Crippen LogP contribution in [0.4, 0.5) is 20.2 Å². The molecule has 12 heteroatoms. The van der Waals surface area contributed by atoms with Crippen molar-refractivity contribution in [1.82, 2.24) is 5.32 Å². The predicted octanol–water partition coefficient (Wildman–Crippen LogP) is 2.44. The maximum absolute atomic E-state index is 12.4. The summed E-state index contributed by atoms with van der Waals surface area (Å²) in [6, 6.07) is 8.88. The highest BCUT2D eigenvalue weighted by Gasteiger charge is 2.19. The van der Waals surface area contributed by atoms with Crippen molar-refractivity contribution in [3.8, 4) is 5.75 Å². The van der Waals surface area contributed by atoms with Gasteiger partial charge in [0.15, 0.2) is 9.84 Å². The van der Waals surface area contributed by atoms with Crippen molar-refractivity contribution in [1.29, 1.82) is 0 Å². The molecule has 0 aliphatic rings. The van der Waals surface area contributed by atoms with E-state index in [1.165, 1.54) is 36.4 Å². The summed E-state index contributed by atoms with van der Waals surface area (Å²) in [6.07, 6.45) is 0.935. The molecular formula is C17H17F2N3O6S. The van der Waals surface area contributed by atoms with Gasteiger partial charge in [-0.25, -0.2) is 8.42 Å². The number of hydrogen-bond acceptors (Lipinski definition) is 7. The Labute approximate surface area is 164 Å². The number of anilines is 1. The third-order valence-corrected chi connectivity index (χ3v) is 4.78. The first-order valence-electron chi connectivity index (χ1n) is 8.14. The van der Waals surface area contributed by atoms with Gasteiger partial charge in [0.25, 0.3) is 11.6 Å². The van der Waals surface area contributed by atoms with Crippen LogP contribution in [0.15, 0.2) is 47.4 Å². The Bertz CT molecular complexity index is 1010. The summed E-state index contributed by atoms with van der Waals surface area (Å²) in [7, 11) is -3.61. The molecule has 0 aliphatic carbocycles. The van der Waals surface area contributed by atoms with Crippen molar-refractivity contribution < 1.29 is 31.7 Å². The molecule has 0 bridgehead atoms. The third kappa shape index (κ3) is 6.10. The average Bonchev–Trinajstić information content (AvgIpc) is 2.64. The molecular weight excluding hydrogens is 412 g/mol. The Kier molecular flexibility index (Phi) is 7.04. The lowest BCUT2D eigenvalue weighted by Crippen LogP contribution is -2.29. The van der Waals surface area contributed by atoms with E-state index in [4.69, 9.17) is 0 Å². The lowest BCUT2D eigenvalue weighted by atomic mass is 10.2. The van der Waals surface area contributed by atoms with Crippen LogP contribution in [0.2, 0.25) is 0 Å². The second-order valence-corrected chi connectivity index (χ2v) is 7.78. The van der Waals surface area contributed by atoms with Gasteiger partial charge < -0.3 is 15.4 Å². The van der Waals surface area contributed by atoms with Crippen molar-refractivity contribution in [2.45, 2.75) is 11.5 Å². The van der Waals surface area contributed by atoms with Crippen LogP contribution in [0.5, 0.6) is 5.75 Å². The molecule has 0 unspecified atom stereocenters. The van der Waals surface area contributed by atoms with E-state index in [0.717, 1.165) is 12.3 Å². The van der Waals surface area contributed by atoms with Gasteiger partial charge in [-0.05, 0) is 24.3 Å². The second-order valence-electron chi connectivity index (χ2n) is 5.77. The number of nitrogens with zero attached hydrogens (tertiary/aromatic N) is 1. The minimum atomic E-state index is -3.61. The highest BCUT2D eigenvalue weighted by Crippen LogP contribution is 2.27. The standard InChI is InChI=1S/C17H17F2N3O6S/c1-29(26,27)11-6-7-13(14(10-11)22(24)25)20-8-9-21-16(23)12-4-2-3-5-15(12)28-17(18)19/h2-7,10,17,20H,8-9H2,1H3,(H,21,23). The minimum Gasteiger partial charge on any atom is -0.434 e. The Hall–Kier alpha value is -3.28. The van der Waals surface area contributed by atoms with E-state index < -0.39 is 33.0 Å². The highest BCUT2D eigenvalue weighted by atomic mass is 32.2. The fraction of sp³-hybridized carbons (Fsp3) is 0.235. The number of nitro benzene ring substituents is 1. The number of halogens is 2. The van der Waals surface area contributed by atoms with Crippen molar-refractivity contribution in [3.05, 3.63) is 58.1 Å². The molecule has 1 amide bonds. The van der Waals surface area contributed by atoms with Gasteiger partial charge in [0.1, 0.15) is 11.4 Å². The van der Waals surface area contributed by atoms with E-state index in [2.05, 4.69) is 15.4 Å². The number of amides is 1. The van der Waals surface area contributed by atoms with Gasteiger partial charge in [-0.2, -0.15) is 8.78 Å². The molecule has 0 atom stereocenters. The summed E-state index contributed by atoms with van der Waals surface area (Å²) in [5.41, 5.74) is -0.454. The Morgan fingerprint density at radius 3 is 2.52 bits per heavy atom. The predicted molar refractivity (Wildman–Crippen MR) is 100 cm³/mol. The molecule has 2 rings (SSSR count). The summed E-state index contributed by atoms with van der Waals surface area (Å²) >= 11 is 0. The number of alkyl halides is 2. The normalized spacial score (nSPS) is 11.2. The van der Waals surface area contributed by atoms with Crippen LogP contribution in [0.25, 0.3) is 0 Å². The summed E-state index contributed by atoms with van der Waals surface area (Å²) in [5.74, 6) is -0.940. The smallest absolute Gasteiger partial charge is 0.387 e. The molecule has 0 spiro atoms. The zero-order valence-electron chi connectivity index (χ0n) is 15.1. The summed E-state index contributed by atoms with van der Waals surface area (Å²) in [4.78, 5) is 22.4. The Morgan fingerprint density at radius 1 is 1.21 bits per heavy atom. The number of carbonyl (C=O) groups excluding carboxylic acids is 1. The minimum absolute atomic E-state index is 0.00677. The number of rotatable bonds is 9. The molecule has 0 heterocycles. The van der Waals surface area contributed by atoms with Crippen LogP contribution in [0.1, 0.15) is 10.4 Å². The van der Waals surface area contributed by atoms with Gasteiger partial charge in [0, 0.05) is 25.4 Å². The van der Waals surface area contributed by atoms with Crippen molar-refractivity contribution >= 4 is 27.1 Å². The third-order valence-electron chi connectivity index (χ3n) is 3.67.